The van der Waals surface area contributed by atoms with Gasteiger partial charge in [0.2, 0.25) is 0 Å². The number of hydrogen-bond acceptors (Lipinski definition) is 0. The Hall–Kier alpha value is 0.282. The van der Waals surface area contributed by atoms with Crippen molar-refractivity contribution in [2.24, 2.45) is 0 Å². The molecule has 0 nitrogen and oxygen atoms in total. The Labute approximate surface area is 48.7 Å². The van der Waals surface area contributed by atoms with Crippen molar-refractivity contribution in [3.8, 4) is 0 Å². The highest BCUT2D eigenvalue weighted by Crippen LogP contribution is 2.04. The second-order valence-electron chi connectivity index (χ2n) is 2.74. The van der Waals surface area contributed by atoms with Gasteiger partial charge in [-0.1, -0.05) is 32.5 Å². The Morgan fingerprint density at radius 1 is 1.43 bits per heavy atom. The van der Waals surface area contributed by atoms with Crippen molar-refractivity contribution < 1.29 is 0 Å². The minimum Gasteiger partial charge on any atom is -0.0758 e. The summed E-state index contributed by atoms with van der Waals surface area (Å²) >= 11 is 0. The summed E-state index contributed by atoms with van der Waals surface area (Å²) in [5.41, 5.74) is 0. The monoisotopic (exact) mass is 112 g/mol. The standard InChI is InChI=1S/C5H13BSi/c1-4-5-7(2,3)6/h4-5H2,1-3H3. The second-order valence-corrected chi connectivity index (χ2v) is 7.22. The molecular weight excluding hydrogens is 99.0 g/mol. The van der Waals surface area contributed by atoms with Crippen LogP contribution in [0.5, 0.6) is 0 Å². The SMILES string of the molecule is [B][Si](C)(C)CCC. The Balaban J connectivity index is 3.15. The number of rotatable bonds is 2. The van der Waals surface area contributed by atoms with E-state index in [1.165, 1.54) is 12.5 Å². The molecule has 0 N–H and O–H groups in total. The molecule has 0 atom stereocenters. The lowest BCUT2D eigenvalue weighted by Gasteiger charge is -2.13. The first-order valence-electron chi connectivity index (χ1n) is 2.85. The van der Waals surface area contributed by atoms with Crippen LogP contribution in [-0.2, 0) is 0 Å². The van der Waals surface area contributed by atoms with Crippen LogP contribution >= 0.6 is 0 Å². The predicted octanol–water partition coefficient (Wildman–Crippen LogP) is 1.77. The molecule has 0 saturated heterocycles. The molecule has 2 heteroatoms. The molecule has 0 aromatic heterocycles. The maximum absolute atomic E-state index is 5.78. The summed E-state index contributed by atoms with van der Waals surface area (Å²) in [6, 6.07) is 1.26. The van der Waals surface area contributed by atoms with Crippen molar-refractivity contribution in [3.63, 3.8) is 0 Å². The van der Waals surface area contributed by atoms with Crippen molar-refractivity contribution >= 4 is 15.4 Å². The van der Waals surface area contributed by atoms with Crippen LogP contribution in [0.25, 0.3) is 0 Å². The van der Waals surface area contributed by atoms with Crippen LogP contribution in [0.2, 0.25) is 19.1 Å². The fraction of sp³-hybridized carbons (Fsp3) is 1.00. The lowest BCUT2D eigenvalue weighted by Crippen LogP contribution is -2.24. The van der Waals surface area contributed by atoms with Gasteiger partial charge in [0.15, 0.2) is 0 Å². The highest BCUT2D eigenvalue weighted by Gasteiger charge is 2.08. The van der Waals surface area contributed by atoms with Crippen molar-refractivity contribution in [2.45, 2.75) is 32.5 Å². The summed E-state index contributed by atoms with van der Waals surface area (Å²) in [6.07, 6.45) is 1.25. The smallest absolute Gasteiger partial charge is 0.0565 e. The molecule has 40 valence electrons. The molecule has 2 radical (unpaired) electrons. The van der Waals surface area contributed by atoms with Crippen molar-refractivity contribution in [1.29, 1.82) is 0 Å². The normalized spacial score (nSPS) is 11.9. The van der Waals surface area contributed by atoms with Crippen molar-refractivity contribution in [3.05, 3.63) is 0 Å². The molecule has 0 saturated carbocycles. The molecule has 0 aliphatic rings. The minimum absolute atomic E-state index is 1.16. The topological polar surface area (TPSA) is 0 Å². The minimum atomic E-state index is -1.16. The van der Waals surface area contributed by atoms with Crippen LogP contribution < -0.4 is 0 Å². The van der Waals surface area contributed by atoms with E-state index in [1.807, 2.05) is 0 Å². The molecule has 0 unspecified atom stereocenters. The zero-order valence-corrected chi connectivity index (χ0v) is 6.49. The van der Waals surface area contributed by atoms with Crippen LogP contribution in [-0.4, -0.2) is 15.4 Å². The maximum atomic E-state index is 5.78. The molecule has 0 heterocycles. The lowest BCUT2D eigenvalue weighted by molar-refractivity contribution is 1.06. The van der Waals surface area contributed by atoms with Gasteiger partial charge in [-0.15, -0.1) is 0 Å². The molecule has 0 aliphatic carbocycles. The summed E-state index contributed by atoms with van der Waals surface area (Å²) in [6.45, 7) is 6.56. The quantitative estimate of drug-likeness (QED) is 0.477. The molecule has 0 aliphatic heterocycles. The van der Waals surface area contributed by atoms with E-state index < -0.39 is 7.94 Å². The third-order valence-electron chi connectivity index (χ3n) is 0.894. The Kier molecular flexibility index (Phi) is 2.66. The third kappa shape index (κ3) is 6.28. The summed E-state index contributed by atoms with van der Waals surface area (Å²) in [5.74, 6) is 0. The molecule has 0 rings (SSSR count). The van der Waals surface area contributed by atoms with E-state index in [9.17, 15) is 0 Å². The van der Waals surface area contributed by atoms with E-state index in [-0.39, 0.29) is 0 Å². The maximum Gasteiger partial charge on any atom is 0.0565 e. The van der Waals surface area contributed by atoms with E-state index in [4.69, 9.17) is 7.44 Å². The van der Waals surface area contributed by atoms with Gasteiger partial charge in [-0.05, 0) is 0 Å². The highest BCUT2D eigenvalue weighted by molar-refractivity contribution is 7.15. The van der Waals surface area contributed by atoms with Crippen molar-refractivity contribution in [1.82, 2.24) is 0 Å². The van der Waals surface area contributed by atoms with E-state index in [0.717, 1.165) is 0 Å². The first-order chi connectivity index (χ1) is 3.06. The fourth-order valence-corrected chi connectivity index (χ4v) is 1.93. The Morgan fingerprint density at radius 2 is 1.86 bits per heavy atom. The van der Waals surface area contributed by atoms with Crippen LogP contribution in [0.1, 0.15) is 13.3 Å². The second kappa shape index (κ2) is 2.56. The predicted molar refractivity (Wildman–Crippen MR) is 38.3 cm³/mol. The zero-order valence-electron chi connectivity index (χ0n) is 5.49. The van der Waals surface area contributed by atoms with E-state index in [2.05, 4.69) is 20.0 Å². The van der Waals surface area contributed by atoms with Gasteiger partial charge < -0.3 is 0 Å². The van der Waals surface area contributed by atoms with E-state index in [1.54, 1.807) is 0 Å². The summed E-state index contributed by atoms with van der Waals surface area (Å²) in [4.78, 5) is 0. The van der Waals surface area contributed by atoms with Gasteiger partial charge in [0, 0.05) is 7.94 Å². The van der Waals surface area contributed by atoms with Gasteiger partial charge in [-0.3, -0.25) is 0 Å². The van der Waals surface area contributed by atoms with Crippen LogP contribution in [0.3, 0.4) is 0 Å². The molecule has 0 aromatic rings. The molecule has 0 bridgehead atoms. The zero-order chi connectivity index (χ0) is 5.91. The highest BCUT2D eigenvalue weighted by atomic mass is 28.3. The van der Waals surface area contributed by atoms with Crippen LogP contribution in [0.15, 0.2) is 0 Å². The fourth-order valence-electron chi connectivity index (χ4n) is 0.644. The molecular formula is C5H13BSi. The first-order valence-corrected chi connectivity index (χ1v) is 6.13. The first kappa shape index (κ1) is 7.28. The third-order valence-corrected chi connectivity index (χ3v) is 2.68. The average Bonchev–Trinajstić information content (AvgIpc) is 1.30. The number of hydrogen-bond donors (Lipinski definition) is 0. The van der Waals surface area contributed by atoms with Gasteiger partial charge in [0.1, 0.15) is 0 Å². The molecule has 0 amide bonds. The molecule has 0 aromatic carbocycles. The van der Waals surface area contributed by atoms with Gasteiger partial charge in [0.25, 0.3) is 0 Å². The summed E-state index contributed by atoms with van der Waals surface area (Å²) in [5, 5.41) is 0. The molecule has 7 heavy (non-hydrogen) atoms. The van der Waals surface area contributed by atoms with Crippen LogP contribution in [0.4, 0.5) is 0 Å². The summed E-state index contributed by atoms with van der Waals surface area (Å²) in [7, 11) is 4.63. The van der Waals surface area contributed by atoms with Gasteiger partial charge in [-0.2, -0.15) is 0 Å². The average molecular weight is 112 g/mol. The van der Waals surface area contributed by atoms with Gasteiger partial charge >= 0.3 is 0 Å². The molecule has 0 fully saturated rings. The summed E-state index contributed by atoms with van der Waals surface area (Å²) < 4.78 is 0. The lowest BCUT2D eigenvalue weighted by atomic mass is 10.6. The Bertz CT molecular complexity index is 46.5. The largest absolute Gasteiger partial charge is 0.0758 e. The van der Waals surface area contributed by atoms with Crippen molar-refractivity contribution in [2.75, 3.05) is 0 Å². The van der Waals surface area contributed by atoms with Gasteiger partial charge in [0.05, 0.1) is 7.44 Å². The van der Waals surface area contributed by atoms with E-state index in [0.29, 0.717) is 0 Å². The van der Waals surface area contributed by atoms with Crippen LogP contribution in [0, 0.1) is 0 Å². The molecule has 0 spiro atoms. The Morgan fingerprint density at radius 3 is 1.86 bits per heavy atom. The van der Waals surface area contributed by atoms with Gasteiger partial charge in [-0.25, -0.2) is 0 Å². The van der Waals surface area contributed by atoms with E-state index >= 15 is 0 Å².